The van der Waals surface area contributed by atoms with Crippen LogP contribution < -0.4 is 0 Å². The molecule has 0 N–H and O–H groups in total. The van der Waals surface area contributed by atoms with Crippen molar-refractivity contribution in [1.29, 1.82) is 0 Å². The minimum Gasteiger partial charge on any atom is -0.445 e. The minimum absolute atomic E-state index is 0.300. The van der Waals surface area contributed by atoms with E-state index < -0.39 is 0 Å². The number of hydrogen-bond donors (Lipinski definition) is 0. The summed E-state index contributed by atoms with van der Waals surface area (Å²) in [6.07, 6.45) is 5.97. The zero-order chi connectivity index (χ0) is 11.4. The Kier molecular flexibility index (Phi) is 4.24. The number of alkyl halides is 1. The third-order valence-corrected chi connectivity index (χ3v) is 3.34. The molecule has 2 rings (SSSR count). The zero-order valence-corrected chi connectivity index (χ0v) is 10.4. The van der Waals surface area contributed by atoms with E-state index in [9.17, 15) is 0 Å². The normalized spacial score (nSPS) is 25.1. The maximum absolute atomic E-state index is 5.75. The number of aromatic nitrogens is 1. The number of hydrogen-bond acceptors (Lipinski definition) is 3. The summed E-state index contributed by atoms with van der Waals surface area (Å²) >= 11 is 5.64. The predicted molar refractivity (Wildman–Crippen MR) is 62.9 cm³/mol. The first-order valence-electron chi connectivity index (χ1n) is 5.97. The van der Waals surface area contributed by atoms with Crippen LogP contribution in [0.4, 0.5) is 0 Å². The number of oxazole rings is 1. The summed E-state index contributed by atoms with van der Waals surface area (Å²) < 4.78 is 11.4. The lowest BCUT2D eigenvalue weighted by molar-refractivity contribution is 0.0971. The summed E-state index contributed by atoms with van der Waals surface area (Å²) in [6, 6.07) is 0. The van der Waals surface area contributed by atoms with Gasteiger partial charge >= 0.3 is 0 Å². The standard InChI is InChI=1S/C12H18ClNO2/c1-2-10-9(5-7-15-10)11-8-14-12(16-11)4-3-6-13/h8-10H,2-7H2,1H3. The Labute approximate surface area is 101 Å². The summed E-state index contributed by atoms with van der Waals surface area (Å²) in [5.41, 5.74) is 0. The molecule has 0 aromatic carbocycles. The largest absolute Gasteiger partial charge is 0.445 e. The van der Waals surface area contributed by atoms with Gasteiger partial charge in [-0.05, 0) is 19.3 Å². The fraction of sp³-hybridized carbons (Fsp3) is 0.750. The van der Waals surface area contributed by atoms with Crippen LogP contribution in [0, 0.1) is 0 Å². The summed E-state index contributed by atoms with van der Waals surface area (Å²) in [4.78, 5) is 4.29. The summed E-state index contributed by atoms with van der Waals surface area (Å²) in [5, 5.41) is 0. The predicted octanol–water partition coefficient (Wildman–Crippen LogP) is 3.13. The van der Waals surface area contributed by atoms with Crippen molar-refractivity contribution in [2.24, 2.45) is 0 Å². The Balaban J connectivity index is 2.00. The fourth-order valence-corrected chi connectivity index (χ4v) is 2.34. The van der Waals surface area contributed by atoms with Crippen molar-refractivity contribution in [2.75, 3.05) is 12.5 Å². The third kappa shape index (κ3) is 2.58. The van der Waals surface area contributed by atoms with Crippen molar-refractivity contribution in [3.05, 3.63) is 17.8 Å². The van der Waals surface area contributed by atoms with Crippen LogP contribution in [0.25, 0.3) is 0 Å². The lowest BCUT2D eigenvalue weighted by Gasteiger charge is -2.13. The first-order valence-corrected chi connectivity index (χ1v) is 6.50. The molecule has 1 aliphatic rings. The van der Waals surface area contributed by atoms with Gasteiger partial charge in [-0.25, -0.2) is 4.98 Å². The van der Waals surface area contributed by atoms with Crippen LogP contribution in [-0.4, -0.2) is 23.6 Å². The second kappa shape index (κ2) is 5.69. The summed E-state index contributed by atoms with van der Waals surface area (Å²) in [7, 11) is 0. The molecule has 1 aliphatic heterocycles. The smallest absolute Gasteiger partial charge is 0.194 e. The fourth-order valence-electron chi connectivity index (χ4n) is 2.21. The van der Waals surface area contributed by atoms with E-state index in [1.165, 1.54) is 0 Å². The molecule has 0 bridgehead atoms. The molecule has 2 atom stereocenters. The van der Waals surface area contributed by atoms with Crippen LogP contribution in [0.1, 0.15) is 43.8 Å². The van der Waals surface area contributed by atoms with Crippen molar-refractivity contribution in [3.8, 4) is 0 Å². The molecule has 16 heavy (non-hydrogen) atoms. The van der Waals surface area contributed by atoms with Crippen LogP contribution in [0.15, 0.2) is 10.6 Å². The molecule has 4 heteroatoms. The Morgan fingerprint density at radius 1 is 1.56 bits per heavy atom. The van der Waals surface area contributed by atoms with Gasteiger partial charge in [-0.15, -0.1) is 11.6 Å². The topological polar surface area (TPSA) is 35.3 Å². The van der Waals surface area contributed by atoms with E-state index in [0.29, 0.717) is 17.9 Å². The lowest BCUT2D eigenvalue weighted by atomic mass is 9.97. The van der Waals surface area contributed by atoms with Crippen molar-refractivity contribution < 1.29 is 9.15 Å². The Hall–Kier alpha value is -0.540. The average molecular weight is 244 g/mol. The van der Waals surface area contributed by atoms with Crippen molar-refractivity contribution >= 4 is 11.6 Å². The van der Waals surface area contributed by atoms with Gasteiger partial charge in [0.1, 0.15) is 5.76 Å². The maximum Gasteiger partial charge on any atom is 0.194 e. The molecule has 0 amide bonds. The highest BCUT2D eigenvalue weighted by Crippen LogP contribution is 2.33. The lowest BCUT2D eigenvalue weighted by Crippen LogP contribution is -2.12. The second-order valence-electron chi connectivity index (χ2n) is 4.16. The summed E-state index contributed by atoms with van der Waals surface area (Å²) in [6.45, 7) is 2.98. The van der Waals surface area contributed by atoms with Crippen LogP contribution in [0.5, 0.6) is 0 Å². The van der Waals surface area contributed by atoms with Crippen molar-refractivity contribution in [2.45, 2.75) is 44.6 Å². The van der Waals surface area contributed by atoms with Crippen LogP contribution in [0.3, 0.4) is 0 Å². The highest BCUT2D eigenvalue weighted by molar-refractivity contribution is 6.17. The first-order chi connectivity index (χ1) is 7.85. The molecule has 90 valence electrons. The molecule has 1 aromatic rings. The van der Waals surface area contributed by atoms with Gasteiger partial charge in [0.05, 0.1) is 12.3 Å². The third-order valence-electron chi connectivity index (χ3n) is 3.07. The Bertz CT molecular complexity index is 327. The van der Waals surface area contributed by atoms with Gasteiger partial charge in [0.2, 0.25) is 0 Å². The molecule has 0 spiro atoms. The molecular formula is C12H18ClNO2. The number of aryl methyl sites for hydroxylation is 1. The van der Waals surface area contributed by atoms with E-state index in [-0.39, 0.29) is 0 Å². The van der Waals surface area contributed by atoms with Crippen LogP contribution >= 0.6 is 11.6 Å². The molecule has 2 unspecified atom stereocenters. The van der Waals surface area contributed by atoms with E-state index in [1.54, 1.807) is 0 Å². The molecule has 1 saturated heterocycles. The molecule has 3 nitrogen and oxygen atoms in total. The van der Waals surface area contributed by atoms with E-state index in [0.717, 1.165) is 43.9 Å². The first kappa shape index (κ1) is 11.9. The minimum atomic E-state index is 0.300. The number of rotatable bonds is 5. The molecule has 2 heterocycles. The Morgan fingerprint density at radius 2 is 2.44 bits per heavy atom. The van der Waals surface area contributed by atoms with Crippen LogP contribution in [0.2, 0.25) is 0 Å². The van der Waals surface area contributed by atoms with Gasteiger partial charge in [-0.2, -0.15) is 0 Å². The van der Waals surface area contributed by atoms with E-state index in [4.69, 9.17) is 20.8 Å². The second-order valence-corrected chi connectivity index (χ2v) is 4.54. The van der Waals surface area contributed by atoms with Gasteiger partial charge in [0.15, 0.2) is 5.89 Å². The monoisotopic (exact) mass is 243 g/mol. The molecule has 0 radical (unpaired) electrons. The number of ether oxygens (including phenoxy) is 1. The van der Waals surface area contributed by atoms with Gasteiger partial charge in [0.25, 0.3) is 0 Å². The number of nitrogens with zero attached hydrogens (tertiary/aromatic N) is 1. The van der Waals surface area contributed by atoms with E-state index in [1.807, 2.05) is 6.20 Å². The SMILES string of the molecule is CCC1OCCC1c1cnc(CCCCl)o1. The van der Waals surface area contributed by atoms with Gasteiger partial charge < -0.3 is 9.15 Å². The molecule has 1 fully saturated rings. The average Bonchev–Trinajstić information content (AvgIpc) is 2.94. The number of halogens is 1. The molecule has 1 aromatic heterocycles. The van der Waals surface area contributed by atoms with Gasteiger partial charge in [0, 0.05) is 24.8 Å². The zero-order valence-electron chi connectivity index (χ0n) is 9.62. The van der Waals surface area contributed by atoms with E-state index in [2.05, 4.69) is 11.9 Å². The van der Waals surface area contributed by atoms with Gasteiger partial charge in [-0.1, -0.05) is 6.92 Å². The summed E-state index contributed by atoms with van der Waals surface area (Å²) in [5.74, 6) is 2.83. The van der Waals surface area contributed by atoms with Crippen LogP contribution in [-0.2, 0) is 11.2 Å². The van der Waals surface area contributed by atoms with Gasteiger partial charge in [-0.3, -0.25) is 0 Å². The highest BCUT2D eigenvalue weighted by atomic mass is 35.5. The molecular weight excluding hydrogens is 226 g/mol. The highest BCUT2D eigenvalue weighted by Gasteiger charge is 2.30. The van der Waals surface area contributed by atoms with Crippen molar-refractivity contribution in [3.63, 3.8) is 0 Å². The van der Waals surface area contributed by atoms with E-state index >= 15 is 0 Å². The Morgan fingerprint density at radius 3 is 3.19 bits per heavy atom. The van der Waals surface area contributed by atoms with Crippen molar-refractivity contribution in [1.82, 2.24) is 4.98 Å². The maximum atomic E-state index is 5.75. The quantitative estimate of drug-likeness (QED) is 0.746. The molecule has 0 saturated carbocycles. The molecule has 0 aliphatic carbocycles.